The van der Waals surface area contributed by atoms with Crippen LogP contribution in [0, 0.1) is 12.8 Å². The third-order valence-electron chi connectivity index (χ3n) is 5.79. The van der Waals surface area contributed by atoms with Gasteiger partial charge in [-0.3, -0.25) is 4.90 Å². The van der Waals surface area contributed by atoms with Gasteiger partial charge in [0.1, 0.15) is 0 Å². The highest BCUT2D eigenvalue weighted by Gasteiger charge is 2.26. The molecule has 4 rings (SSSR count). The minimum atomic E-state index is 0.289. The Labute approximate surface area is 167 Å². The summed E-state index contributed by atoms with van der Waals surface area (Å²) < 4.78 is 11.3. The van der Waals surface area contributed by atoms with Crippen molar-refractivity contribution < 1.29 is 9.26 Å². The summed E-state index contributed by atoms with van der Waals surface area (Å²) in [5.41, 5.74) is 1.39. The molecule has 2 aliphatic rings. The second-order valence-electron chi connectivity index (χ2n) is 8.27. The largest absolute Gasteiger partial charge is 0.376 e. The van der Waals surface area contributed by atoms with E-state index in [0.29, 0.717) is 11.8 Å². The number of hydrogen-bond acceptors (Lipinski definition) is 6. The predicted molar refractivity (Wildman–Crippen MR) is 108 cm³/mol. The lowest BCUT2D eigenvalue weighted by molar-refractivity contribution is 0.0156. The Kier molecular flexibility index (Phi) is 6.73. The van der Waals surface area contributed by atoms with E-state index in [9.17, 15) is 0 Å². The van der Waals surface area contributed by atoms with Crippen LogP contribution >= 0.6 is 0 Å². The molecular weight excluding hydrogens is 352 g/mol. The van der Waals surface area contributed by atoms with E-state index in [2.05, 4.69) is 50.3 Å². The maximum absolute atomic E-state index is 6.21. The van der Waals surface area contributed by atoms with E-state index in [0.717, 1.165) is 58.0 Å². The number of likely N-dealkylation sites (tertiary alicyclic amines) is 1. The summed E-state index contributed by atoms with van der Waals surface area (Å²) in [5, 5.41) is 4.08. The second kappa shape index (κ2) is 9.63. The van der Waals surface area contributed by atoms with Gasteiger partial charge in [-0.15, -0.1) is 0 Å². The topological polar surface area (TPSA) is 54.6 Å². The molecule has 0 spiro atoms. The van der Waals surface area contributed by atoms with Crippen LogP contribution in [0.4, 0.5) is 0 Å². The fourth-order valence-electron chi connectivity index (χ4n) is 4.52. The first-order valence-corrected chi connectivity index (χ1v) is 10.6. The van der Waals surface area contributed by atoms with Gasteiger partial charge >= 0.3 is 0 Å². The van der Waals surface area contributed by atoms with Gasteiger partial charge in [0.25, 0.3) is 0 Å². The maximum atomic E-state index is 6.21. The minimum absolute atomic E-state index is 0.289. The van der Waals surface area contributed by atoms with Crippen LogP contribution in [0.15, 0.2) is 34.9 Å². The van der Waals surface area contributed by atoms with Crippen LogP contribution in [0.25, 0.3) is 0 Å². The molecule has 28 heavy (non-hydrogen) atoms. The van der Waals surface area contributed by atoms with E-state index in [1.54, 1.807) is 0 Å². The Hall–Kier alpha value is -1.76. The Bertz CT molecular complexity index is 720. The quantitative estimate of drug-likeness (QED) is 0.763. The molecule has 2 aliphatic heterocycles. The van der Waals surface area contributed by atoms with Crippen molar-refractivity contribution in [3.05, 3.63) is 47.6 Å². The third kappa shape index (κ3) is 5.63. The number of benzene rings is 1. The summed E-state index contributed by atoms with van der Waals surface area (Å²) in [6.07, 6.45) is 4.80. The van der Waals surface area contributed by atoms with Crippen molar-refractivity contribution in [2.24, 2.45) is 5.92 Å². The van der Waals surface area contributed by atoms with Crippen LogP contribution in [-0.4, -0.2) is 65.4 Å². The first-order chi connectivity index (χ1) is 13.7. The van der Waals surface area contributed by atoms with Crippen molar-refractivity contribution in [1.29, 1.82) is 0 Å². The van der Waals surface area contributed by atoms with Crippen molar-refractivity contribution in [1.82, 2.24) is 19.9 Å². The maximum Gasteiger partial charge on any atom is 0.223 e. The molecule has 2 saturated heterocycles. The molecule has 0 radical (unpaired) electrons. The summed E-state index contributed by atoms with van der Waals surface area (Å²) >= 11 is 0. The molecule has 6 heteroatoms. The zero-order valence-corrected chi connectivity index (χ0v) is 16.9. The number of ether oxygens (including phenoxy) is 1. The predicted octanol–water partition coefficient (Wildman–Crippen LogP) is 2.92. The number of piperidine rings is 1. The molecule has 2 atom stereocenters. The number of hydrogen-bond donors (Lipinski definition) is 0. The van der Waals surface area contributed by atoms with Crippen LogP contribution in [0.2, 0.25) is 0 Å². The molecule has 2 aromatic rings. The van der Waals surface area contributed by atoms with E-state index in [1.165, 1.54) is 24.9 Å². The van der Waals surface area contributed by atoms with Gasteiger partial charge in [0, 0.05) is 52.7 Å². The molecule has 0 N–H and O–H groups in total. The van der Waals surface area contributed by atoms with Crippen molar-refractivity contribution in [3.8, 4) is 0 Å². The minimum Gasteiger partial charge on any atom is -0.376 e. The van der Waals surface area contributed by atoms with Crippen molar-refractivity contribution in [2.75, 3.05) is 39.3 Å². The standard InChI is InChI=1S/C22H32N4O2/c1-18-23-22(24-28-18)13-20-9-5-10-25(15-20)16-21-17-26(11-6-12-27-21)14-19-7-3-2-4-8-19/h2-4,7-8,20-21H,5-6,9-17H2,1H3/t20-,21-/m1/s1. The molecule has 152 valence electrons. The average Bonchev–Trinajstić information content (AvgIpc) is 2.97. The monoisotopic (exact) mass is 384 g/mol. The molecule has 2 fully saturated rings. The van der Waals surface area contributed by atoms with Gasteiger partial charge in [0.2, 0.25) is 5.89 Å². The van der Waals surface area contributed by atoms with Gasteiger partial charge in [0.15, 0.2) is 5.82 Å². The van der Waals surface area contributed by atoms with Crippen LogP contribution in [0.1, 0.15) is 36.5 Å². The van der Waals surface area contributed by atoms with Gasteiger partial charge in [-0.25, -0.2) is 0 Å². The van der Waals surface area contributed by atoms with Gasteiger partial charge in [-0.1, -0.05) is 35.5 Å². The Morgan fingerprint density at radius 2 is 1.93 bits per heavy atom. The second-order valence-corrected chi connectivity index (χ2v) is 8.27. The van der Waals surface area contributed by atoms with Crippen LogP contribution in [0.3, 0.4) is 0 Å². The van der Waals surface area contributed by atoms with E-state index in [4.69, 9.17) is 9.26 Å². The zero-order valence-electron chi connectivity index (χ0n) is 16.9. The van der Waals surface area contributed by atoms with Gasteiger partial charge in [-0.2, -0.15) is 4.98 Å². The highest BCUT2D eigenvalue weighted by Crippen LogP contribution is 2.21. The summed E-state index contributed by atoms with van der Waals surface area (Å²) in [5.74, 6) is 2.12. The first kappa shape index (κ1) is 19.6. The normalized spacial score (nSPS) is 24.9. The van der Waals surface area contributed by atoms with Crippen LogP contribution in [0.5, 0.6) is 0 Å². The Morgan fingerprint density at radius 1 is 1.07 bits per heavy atom. The zero-order chi connectivity index (χ0) is 19.2. The van der Waals surface area contributed by atoms with Gasteiger partial charge in [-0.05, 0) is 37.3 Å². The van der Waals surface area contributed by atoms with Gasteiger partial charge < -0.3 is 14.2 Å². The molecule has 1 aromatic heterocycles. The van der Waals surface area contributed by atoms with E-state index < -0.39 is 0 Å². The number of aromatic nitrogens is 2. The first-order valence-electron chi connectivity index (χ1n) is 10.6. The number of rotatable bonds is 6. The highest BCUT2D eigenvalue weighted by atomic mass is 16.5. The molecule has 0 aliphatic carbocycles. The molecule has 6 nitrogen and oxygen atoms in total. The fraction of sp³-hybridized carbons (Fsp3) is 0.636. The van der Waals surface area contributed by atoms with Crippen LogP contribution in [-0.2, 0) is 17.7 Å². The van der Waals surface area contributed by atoms with Gasteiger partial charge in [0.05, 0.1) is 6.10 Å². The Morgan fingerprint density at radius 3 is 2.75 bits per heavy atom. The smallest absolute Gasteiger partial charge is 0.223 e. The summed E-state index contributed by atoms with van der Waals surface area (Å²) in [7, 11) is 0. The lowest BCUT2D eigenvalue weighted by atomic mass is 9.94. The SMILES string of the molecule is Cc1nc(C[C@H]2CCCN(C[C@@H]3CN(Cc4ccccc4)CCCO3)C2)no1. The number of aryl methyl sites for hydroxylation is 1. The highest BCUT2D eigenvalue weighted by molar-refractivity contribution is 5.14. The van der Waals surface area contributed by atoms with Crippen molar-refractivity contribution >= 4 is 0 Å². The van der Waals surface area contributed by atoms with Crippen LogP contribution < -0.4 is 0 Å². The van der Waals surface area contributed by atoms with Crippen molar-refractivity contribution in [3.63, 3.8) is 0 Å². The van der Waals surface area contributed by atoms with E-state index in [1.807, 2.05) is 6.92 Å². The van der Waals surface area contributed by atoms with E-state index >= 15 is 0 Å². The third-order valence-corrected chi connectivity index (χ3v) is 5.79. The lowest BCUT2D eigenvalue weighted by Gasteiger charge is -2.35. The molecule has 0 bridgehead atoms. The lowest BCUT2D eigenvalue weighted by Crippen LogP contribution is -2.44. The summed E-state index contributed by atoms with van der Waals surface area (Å²) in [6.45, 7) is 9.16. The average molecular weight is 385 g/mol. The Balaban J connectivity index is 1.29. The summed E-state index contributed by atoms with van der Waals surface area (Å²) in [4.78, 5) is 9.51. The summed E-state index contributed by atoms with van der Waals surface area (Å²) in [6, 6.07) is 10.8. The van der Waals surface area contributed by atoms with E-state index in [-0.39, 0.29) is 6.10 Å². The molecule has 0 unspecified atom stereocenters. The molecule has 3 heterocycles. The fourth-order valence-corrected chi connectivity index (χ4v) is 4.52. The number of nitrogens with zero attached hydrogens (tertiary/aromatic N) is 4. The molecule has 0 saturated carbocycles. The molecule has 0 amide bonds. The molecular formula is C22H32N4O2. The van der Waals surface area contributed by atoms with Crippen molar-refractivity contribution in [2.45, 2.75) is 45.3 Å². The molecule has 1 aromatic carbocycles.